The van der Waals surface area contributed by atoms with Gasteiger partial charge in [-0.05, 0) is 37.6 Å². The molecule has 0 bridgehead atoms. The van der Waals surface area contributed by atoms with Crippen molar-refractivity contribution in [2.24, 2.45) is 0 Å². The van der Waals surface area contributed by atoms with E-state index in [9.17, 15) is 9.50 Å². The number of nitrogens with zero attached hydrogens (tertiary/aromatic N) is 2. The predicted octanol–water partition coefficient (Wildman–Crippen LogP) is 3.96. The number of aryl methyl sites for hydroxylation is 1. The summed E-state index contributed by atoms with van der Waals surface area (Å²) in [4.78, 5) is 8.71. The molecular formula is C18H18FN3O2. The third kappa shape index (κ3) is 3.08. The van der Waals surface area contributed by atoms with Gasteiger partial charge < -0.3 is 15.2 Å². The highest BCUT2D eigenvalue weighted by Crippen LogP contribution is 2.30. The van der Waals surface area contributed by atoms with Gasteiger partial charge in [0.15, 0.2) is 11.6 Å². The number of phenolic OH excluding ortho intramolecular Hbond substituents is 1. The van der Waals surface area contributed by atoms with Crippen LogP contribution < -0.4 is 10.1 Å². The third-order valence-electron chi connectivity index (χ3n) is 3.80. The zero-order valence-corrected chi connectivity index (χ0v) is 13.7. The van der Waals surface area contributed by atoms with Crippen molar-refractivity contribution in [2.75, 3.05) is 12.4 Å². The first kappa shape index (κ1) is 16.0. The van der Waals surface area contributed by atoms with E-state index in [1.165, 1.54) is 13.2 Å². The molecule has 0 amide bonds. The number of fused-ring (bicyclic) bond motifs is 1. The highest BCUT2D eigenvalue weighted by atomic mass is 19.1. The summed E-state index contributed by atoms with van der Waals surface area (Å²) in [6.07, 6.45) is 0. The summed E-state index contributed by atoms with van der Waals surface area (Å²) < 4.78 is 19.0. The first-order chi connectivity index (χ1) is 11.5. The van der Waals surface area contributed by atoms with Crippen LogP contribution in [0.1, 0.15) is 24.4 Å². The molecule has 0 spiro atoms. The number of hydrogen-bond donors (Lipinski definition) is 2. The average molecular weight is 327 g/mol. The van der Waals surface area contributed by atoms with Crippen molar-refractivity contribution < 1.29 is 14.2 Å². The largest absolute Gasteiger partial charge is 0.508 e. The molecule has 0 saturated heterocycles. The second-order valence-electron chi connectivity index (χ2n) is 5.58. The van der Waals surface area contributed by atoms with Crippen molar-refractivity contribution in [1.29, 1.82) is 0 Å². The fourth-order valence-corrected chi connectivity index (χ4v) is 2.60. The number of methoxy groups -OCH3 is 1. The molecule has 1 atom stereocenters. The molecule has 0 fully saturated rings. The zero-order chi connectivity index (χ0) is 17.3. The lowest BCUT2D eigenvalue weighted by molar-refractivity contribution is 0.387. The Balaban J connectivity index is 2.05. The molecule has 0 aliphatic heterocycles. The van der Waals surface area contributed by atoms with E-state index in [2.05, 4.69) is 15.3 Å². The number of nitrogens with one attached hydrogen (secondary N) is 1. The molecule has 0 radical (unpaired) electrons. The Morgan fingerprint density at radius 3 is 2.71 bits per heavy atom. The minimum atomic E-state index is -0.463. The Bertz CT molecular complexity index is 899. The Morgan fingerprint density at radius 1 is 1.21 bits per heavy atom. The second kappa shape index (κ2) is 6.31. The van der Waals surface area contributed by atoms with E-state index in [4.69, 9.17) is 4.74 Å². The van der Waals surface area contributed by atoms with Crippen molar-refractivity contribution in [3.63, 3.8) is 0 Å². The molecule has 0 aliphatic rings. The van der Waals surface area contributed by atoms with E-state index < -0.39 is 5.82 Å². The fourth-order valence-electron chi connectivity index (χ4n) is 2.60. The van der Waals surface area contributed by atoms with Crippen molar-refractivity contribution in [2.45, 2.75) is 19.9 Å². The molecule has 1 aromatic heterocycles. The molecule has 2 aromatic carbocycles. The molecule has 0 saturated carbocycles. The van der Waals surface area contributed by atoms with Crippen LogP contribution in [0, 0.1) is 12.7 Å². The summed E-state index contributed by atoms with van der Waals surface area (Å²) in [5.74, 6) is 1.01. The Morgan fingerprint density at radius 2 is 2.00 bits per heavy atom. The molecule has 2 N–H and O–H groups in total. The van der Waals surface area contributed by atoms with E-state index in [-0.39, 0.29) is 17.5 Å². The topological polar surface area (TPSA) is 67.3 Å². The number of phenols is 1. The van der Waals surface area contributed by atoms with Gasteiger partial charge in [-0.2, -0.15) is 0 Å². The molecule has 3 rings (SSSR count). The number of aromatic nitrogens is 2. The van der Waals surface area contributed by atoms with Crippen LogP contribution in [0.3, 0.4) is 0 Å². The maximum Gasteiger partial charge on any atom is 0.167 e. The summed E-state index contributed by atoms with van der Waals surface area (Å²) in [6, 6.07) is 9.82. The van der Waals surface area contributed by atoms with Crippen LogP contribution in [0.15, 0.2) is 36.4 Å². The van der Waals surface area contributed by atoms with E-state index >= 15 is 0 Å². The van der Waals surface area contributed by atoms with Crippen LogP contribution in [0.5, 0.6) is 11.5 Å². The molecule has 3 aromatic rings. The van der Waals surface area contributed by atoms with Crippen LogP contribution in [0.2, 0.25) is 0 Å². The lowest BCUT2D eigenvalue weighted by Crippen LogP contribution is -2.09. The first-order valence-corrected chi connectivity index (χ1v) is 7.55. The maximum absolute atomic E-state index is 13.9. The van der Waals surface area contributed by atoms with Crippen LogP contribution in [0.25, 0.3) is 10.9 Å². The number of benzene rings is 2. The van der Waals surface area contributed by atoms with E-state index in [1.807, 2.05) is 13.0 Å². The second-order valence-corrected chi connectivity index (χ2v) is 5.58. The Kier molecular flexibility index (Phi) is 4.20. The van der Waals surface area contributed by atoms with Gasteiger partial charge in [0.2, 0.25) is 0 Å². The summed E-state index contributed by atoms with van der Waals surface area (Å²) in [5, 5.41) is 13.6. The van der Waals surface area contributed by atoms with Crippen molar-refractivity contribution >= 4 is 16.7 Å². The molecule has 124 valence electrons. The molecule has 1 heterocycles. The minimum absolute atomic E-state index is 0.106. The van der Waals surface area contributed by atoms with Gasteiger partial charge >= 0.3 is 0 Å². The van der Waals surface area contributed by atoms with Gasteiger partial charge in [0, 0.05) is 11.5 Å². The molecular weight excluding hydrogens is 309 g/mol. The lowest BCUT2D eigenvalue weighted by atomic mass is 10.1. The number of ether oxygens (including phenoxy) is 1. The zero-order valence-electron chi connectivity index (χ0n) is 13.7. The van der Waals surface area contributed by atoms with Gasteiger partial charge in [0.1, 0.15) is 17.4 Å². The van der Waals surface area contributed by atoms with Crippen LogP contribution in [-0.2, 0) is 0 Å². The molecule has 6 heteroatoms. The normalized spacial score (nSPS) is 12.2. The molecule has 5 nitrogen and oxygen atoms in total. The minimum Gasteiger partial charge on any atom is -0.508 e. The van der Waals surface area contributed by atoms with Crippen molar-refractivity contribution in [3.8, 4) is 11.5 Å². The third-order valence-corrected chi connectivity index (χ3v) is 3.80. The van der Waals surface area contributed by atoms with E-state index in [1.54, 1.807) is 31.2 Å². The van der Waals surface area contributed by atoms with Gasteiger partial charge in [-0.15, -0.1) is 0 Å². The Hall–Kier alpha value is -2.89. The SMILES string of the molecule is COc1cc2c(N[C@@H](C)c3cccc(O)c3)nc(C)nc2cc1F. The first-order valence-electron chi connectivity index (χ1n) is 7.55. The van der Waals surface area contributed by atoms with E-state index in [0.717, 1.165) is 5.56 Å². The monoisotopic (exact) mass is 327 g/mol. The average Bonchev–Trinajstić information content (AvgIpc) is 2.54. The summed E-state index contributed by atoms with van der Waals surface area (Å²) in [6.45, 7) is 3.71. The van der Waals surface area contributed by atoms with Gasteiger partial charge in [0.25, 0.3) is 0 Å². The summed E-state index contributed by atoms with van der Waals surface area (Å²) in [5.41, 5.74) is 1.42. The van der Waals surface area contributed by atoms with Crippen LogP contribution >= 0.6 is 0 Å². The molecule has 24 heavy (non-hydrogen) atoms. The van der Waals surface area contributed by atoms with Gasteiger partial charge in [0.05, 0.1) is 18.7 Å². The summed E-state index contributed by atoms with van der Waals surface area (Å²) >= 11 is 0. The molecule has 0 aliphatic carbocycles. The van der Waals surface area contributed by atoms with Gasteiger partial charge in [-0.1, -0.05) is 12.1 Å². The Labute approximate surface area is 139 Å². The standard InChI is InChI=1S/C18H18FN3O2/c1-10(12-5-4-6-13(23)7-12)20-18-14-8-17(24-3)15(19)9-16(14)21-11(2)22-18/h4-10,23H,1-3H3,(H,20,21,22)/t10-/m0/s1. The molecule has 0 unspecified atom stereocenters. The fraction of sp³-hybridized carbons (Fsp3) is 0.222. The quantitative estimate of drug-likeness (QED) is 0.759. The smallest absolute Gasteiger partial charge is 0.167 e. The highest BCUT2D eigenvalue weighted by molar-refractivity contribution is 5.90. The predicted molar refractivity (Wildman–Crippen MR) is 90.9 cm³/mol. The lowest BCUT2D eigenvalue weighted by Gasteiger charge is -2.17. The number of rotatable bonds is 4. The van der Waals surface area contributed by atoms with Gasteiger partial charge in [-0.3, -0.25) is 0 Å². The highest BCUT2D eigenvalue weighted by Gasteiger charge is 2.14. The number of aromatic hydroxyl groups is 1. The van der Waals surface area contributed by atoms with Gasteiger partial charge in [-0.25, -0.2) is 14.4 Å². The number of hydrogen-bond acceptors (Lipinski definition) is 5. The van der Waals surface area contributed by atoms with Crippen LogP contribution in [0.4, 0.5) is 10.2 Å². The van der Waals surface area contributed by atoms with E-state index in [0.29, 0.717) is 22.5 Å². The number of halogens is 1. The number of anilines is 1. The van der Waals surface area contributed by atoms with Crippen LogP contribution in [-0.4, -0.2) is 22.2 Å². The summed E-state index contributed by atoms with van der Waals surface area (Å²) in [7, 11) is 1.42. The van der Waals surface area contributed by atoms with Crippen molar-refractivity contribution in [3.05, 3.63) is 53.6 Å². The maximum atomic E-state index is 13.9. The van der Waals surface area contributed by atoms with Crippen molar-refractivity contribution in [1.82, 2.24) is 9.97 Å².